The van der Waals surface area contributed by atoms with E-state index in [9.17, 15) is 9.59 Å². The second kappa shape index (κ2) is 8.52. The highest BCUT2D eigenvalue weighted by molar-refractivity contribution is 5.72. The monoisotopic (exact) mass is 329 g/mol. The Morgan fingerprint density at radius 1 is 1.17 bits per heavy atom. The third kappa shape index (κ3) is 6.37. The smallest absolute Gasteiger partial charge is 0.412 e. The summed E-state index contributed by atoms with van der Waals surface area (Å²) in [5, 5.41) is 0. The Balaban J connectivity index is 2.51. The molecule has 0 heterocycles. The molecule has 1 rings (SSSR count). The Morgan fingerprint density at radius 3 is 2.17 bits per heavy atom. The topological polar surface area (TPSA) is 65.1 Å². The number of hydrogen-bond acceptors (Lipinski definition) is 5. The van der Waals surface area contributed by atoms with E-state index in [4.69, 9.17) is 14.2 Å². The first-order valence-corrected chi connectivity index (χ1v) is 8.37. The molecule has 134 valence electrons. The minimum atomic E-state index is -0.526. The fourth-order valence-corrected chi connectivity index (χ4v) is 2.74. The van der Waals surface area contributed by atoms with Gasteiger partial charge in [0.05, 0.1) is 19.1 Å². The average Bonchev–Trinajstić information content (AvgIpc) is 2.50. The number of carbonyl (C=O) groups is 2. The van der Waals surface area contributed by atoms with Crippen LogP contribution >= 0.6 is 0 Å². The Morgan fingerprint density at radius 2 is 1.74 bits per heavy atom. The Kier molecular flexibility index (Phi) is 7.32. The van der Waals surface area contributed by atoms with E-state index < -0.39 is 5.60 Å². The van der Waals surface area contributed by atoms with Crippen molar-refractivity contribution in [1.82, 2.24) is 4.90 Å². The molecule has 1 aliphatic carbocycles. The van der Waals surface area contributed by atoms with E-state index in [1.807, 2.05) is 27.7 Å². The molecule has 6 nitrogen and oxygen atoms in total. The molecule has 1 amide bonds. The zero-order valence-corrected chi connectivity index (χ0v) is 15.3. The third-order valence-corrected chi connectivity index (χ3v) is 4.02. The maximum atomic E-state index is 12.1. The lowest BCUT2D eigenvalue weighted by Crippen LogP contribution is -2.44. The molecular weight excluding hydrogens is 298 g/mol. The van der Waals surface area contributed by atoms with Gasteiger partial charge in [0.2, 0.25) is 0 Å². The van der Waals surface area contributed by atoms with Crippen molar-refractivity contribution in [2.24, 2.45) is 5.92 Å². The van der Waals surface area contributed by atoms with Crippen LogP contribution in [0, 0.1) is 5.92 Å². The van der Waals surface area contributed by atoms with E-state index >= 15 is 0 Å². The minimum Gasteiger partial charge on any atom is -0.469 e. The zero-order chi connectivity index (χ0) is 17.6. The van der Waals surface area contributed by atoms with E-state index in [0.29, 0.717) is 6.42 Å². The van der Waals surface area contributed by atoms with Crippen LogP contribution in [0.2, 0.25) is 0 Å². The van der Waals surface area contributed by atoms with Crippen LogP contribution in [0.15, 0.2) is 0 Å². The van der Waals surface area contributed by atoms with Crippen molar-refractivity contribution in [2.45, 2.75) is 77.7 Å². The number of rotatable bonds is 5. The largest absolute Gasteiger partial charge is 0.469 e. The highest BCUT2D eigenvalue weighted by atomic mass is 16.6. The standard InChI is InChI=1S/C17H31NO5/c1-7-14(18(5)16(20)23-17(2,3)4)22-13-10-8-12(9-11-13)15(19)21-6/h12-14H,7-11H2,1-6H3. The summed E-state index contributed by atoms with van der Waals surface area (Å²) in [7, 11) is 3.12. The molecule has 0 radical (unpaired) electrons. The summed E-state index contributed by atoms with van der Waals surface area (Å²) in [6.07, 6.45) is 3.19. The summed E-state index contributed by atoms with van der Waals surface area (Å²) < 4.78 is 16.2. The van der Waals surface area contributed by atoms with E-state index in [1.165, 1.54) is 12.0 Å². The lowest BCUT2D eigenvalue weighted by atomic mass is 9.87. The van der Waals surface area contributed by atoms with Gasteiger partial charge in [-0.15, -0.1) is 0 Å². The minimum absolute atomic E-state index is 0.0245. The number of nitrogens with zero attached hydrogens (tertiary/aromatic N) is 1. The molecule has 0 spiro atoms. The van der Waals surface area contributed by atoms with Crippen LogP contribution in [0.4, 0.5) is 4.79 Å². The van der Waals surface area contributed by atoms with E-state index in [-0.39, 0.29) is 30.3 Å². The fourth-order valence-electron chi connectivity index (χ4n) is 2.74. The van der Waals surface area contributed by atoms with E-state index in [2.05, 4.69) is 0 Å². The van der Waals surface area contributed by atoms with Gasteiger partial charge in [0.1, 0.15) is 11.8 Å². The van der Waals surface area contributed by atoms with E-state index in [1.54, 1.807) is 7.05 Å². The van der Waals surface area contributed by atoms with Crippen molar-refractivity contribution < 1.29 is 23.8 Å². The van der Waals surface area contributed by atoms with Gasteiger partial charge < -0.3 is 14.2 Å². The van der Waals surface area contributed by atoms with Crippen LogP contribution < -0.4 is 0 Å². The quantitative estimate of drug-likeness (QED) is 0.572. The highest BCUT2D eigenvalue weighted by Gasteiger charge is 2.31. The Hall–Kier alpha value is -1.30. The SMILES string of the molecule is CCC(OC1CCC(C(=O)OC)CC1)N(C)C(=O)OC(C)(C)C. The number of hydrogen-bond donors (Lipinski definition) is 0. The molecule has 1 saturated carbocycles. The van der Waals surface area contributed by atoms with Crippen molar-refractivity contribution in [1.29, 1.82) is 0 Å². The van der Waals surface area contributed by atoms with Crippen LogP contribution in [-0.4, -0.2) is 49.1 Å². The predicted molar refractivity (Wildman–Crippen MR) is 86.9 cm³/mol. The second-order valence-corrected chi connectivity index (χ2v) is 7.09. The van der Waals surface area contributed by atoms with Gasteiger partial charge in [-0.2, -0.15) is 0 Å². The number of amides is 1. The summed E-state index contributed by atoms with van der Waals surface area (Å²) in [6.45, 7) is 7.50. The molecule has 0 saturated heterocycles. The number of carbonyl (C=O) groups excluding carboxylic acids is 2. The van der Waals surface area contributed by atoms with Crippen molar-refractivity contribution in [3.8, 4) is 0 Å². The Bertz CT molecular complexity index is 396. The molecule has 1 aliphatic rings. The van der Waals surface area contributed by atoms with Crippen molar-refractivity contribution >= 4 is 12.1 Å². The van der Waals surface area contributed by atoms with Gasteiger partial charge in [-0.1, -0.05) is 6.92 Å². The summed E-state index contributed by atoms with van der Waals surface area (Å²) in [4.78, 5) is 25.2. The first-order valence-electron chi connectivity index (χ1n) is 8.37. The molecule has 0 aromatic carbocycles. The van der Waals surface area contributed by atoms with Crippen LogP contribution in [0.5, 0.6) is 0 Å². The normalized spacial score (nSPS) is 23.0. The maximum absolute atomic E-state index is 12.1. The molecule has 1 atom stereocenters. The van der Waals surface area contributed by atoms with E-state index in [0.717, 1.165) is 25.7 Å². The molecule has 6 heteroatoms. The fraction of sp³-hybridized carbons (Fsp3) is 0.882. The number of esters is 1. The van der Waals surface area contributed by atoms with Gasteiger partial charge in [-0.05, 0) is 52.9 Å². The van der Waals surface area contributed by atoms with Crippen LogP contribution in [0.3, 0.4) is 0 Å². The summed E-state index contributed by atoms with van der Waals surface area (Å²) >= 11 is 0. The first-order chi connectivity index (χ1) is 10.7. The van der Waals surface area contributed by atoms with Gasteiger partial charge >= 0.3 is 12.1 Å². The van der Waals surface area contributed by atoms with Crippen LogP contribution in [0.25, 0.3) is 0 Å². The molecular formula is C17H31NO5. The van der Waals surface area contributed by atoms with Gasteiger partial charge in [0, 0.05) is 7.05 Å². The lowest BCUT2D eigenvalue weighted by Gasteiger charge is -2.34. The maximum Gasteiger partial charge on any atom is 0.412 e. The third-order valence-electron chi connectivity index (χ3n) is 4.02. The molecule has 0 bridgehead atoms. The highest BCUT2D eigenvalue weighted by Crippen LogP contribution is 2.28. The van der Waals surface area contributed by atoms with Gasteiger partial charge in [0.25, 0.3) is 0 Å². The van der Waals surface area contributed by atoms with Crippen LogP contribution in [-0.2, 0) is 19.0 Å². The summed E-state index contributed by atoms with van der Waals surface area (Å²) in [5.41, 5.74) is -0.526. The number of methoxy groups -OCH3 is 1. The molecule has 23 heavy (non-hydrogen) atoms. The lowest BCUT2D eigenvalue weighted by molar-refractivity contribution is -0.149. The molecule has 0 aromatic rings. The van der Waals surface area contributed by atoms with Gasteiger partial charge in [-0.25, -0.2) is 4.79 Å². The summed E-state index contributed by atoms with van der Waals surface area (Å²) in [5.74, 6) is -0.162. The van der Waals surface area contributed by atoms with Gasteiger partial charge in [0.15, 0.2) is 0 Å². The molecule has 0 N–H and O–H groups in total. The Labute approximate surface area is 139 Å². The van der Waals surface area contributed by atoms with Crippen molar-refractivity contribution in [2.75, 3.05) is 14.2 Å². The van der Waals surface area contributed by atoms with Crippen molar-refractivity contribution in [3.63, 3.8) is 0 Å². The van der Waals surface area contributed by atoms with Gasteiger partial charge in [-0.3, -0.25) is 9.69 Å². The van der Waals surface area contributed by atoms with Crippen molar-refractivity contribution in [3.05, 3.63) is 0 Å². The summed E-state index contributed by atoms with van der Waals surface area (Å²) in [6, 6.07) is 0. The molecule has 1 fully saturated rings. The van der Waals surface area contributed by atoms with Crippen LogP contribution in [0.1, 0.15) is 59.8 Å². The molecule has 0 aromatic heterocycles. The molecule has 1 unspecified atom stereocenters. The predicted octanol–water partition coefficient (Wildman–Crippen LogP) is 3.34. The second-order valence-electron chi connectivity index (χ2n) is 7.09. The average molecular weight is 329 g/mol. The number of ether oxygens (including phenoxy) is 3. The molecule has 0 aliphatic heterocycles. The first kappa shape index (κ1) is 19.7. The zero-order valence-electron chi connectivity index (χ0n) is 15.3.